The molecule has 0 bridgehead atoms. The number of benzene rings is 3. The van der Waals surface area contributed by atoms with E-state index < -0.39 is 41.7 Å². The summed E-state index contributed by atoms with van der Waals surface area (Å²) in [5.74, 6) is -8.81. The Bertz CT molecular complexity index is 1290. The van der Waals surface area contributed by atoms with Crippen LogP contribution in [0, 0.1) is 0 Å². The number of rotatable bonds is 14. The molecule has 216 valence electrons. The van der Waals surface area contributed by atoms with Gasteiger partial charge in [0.05, 0.1) is 6.04 Å². The molecule has 0 saturated carbocycles. The fraction of sp³-hybridized carbons (Fsp3) is 0.290. The number of ketones is 1. The van der Waals surface area contributed by atoms with E-state index in [1.165, 1.54) is 0 Å². The Morgan fingerprint density at radius 1 is 0.756 bits per heavy atom. The second-order valence-electron chi connectivity index (χ2n) is 9.41. The average Bonchev–Trinajstić information content (AvgIpc) is 2.99. The van der Waals surface area contributed by atoms with Crippen molar-refractivity contribution in [3.63, 3.8) is 0 Å². The number of Topliss-reactive ketones (excluding diaryl/α,β-unsaturated/α-hetero) is 1. The van der Waals surface area contributed by atoms with Gasteiger partial charge in [0.15, 0.2) is 0 Å². The molecule has 0 aliphatic heterocycles. The van der Waals surface area contributed by atoms with Crippen LogP contribution in [0.3, 0.4) is 0 Å². The number of hydrogen-bond donors (Lipinski definition) is 3. The monoisotopic (exact) mass is 565 g/mol. The van der Waals surface area contributed by atoms with Crippen LogP contribution < -0.4 is 16.0 Å². The second-order valence-corrected chi connectivity index (χ2v) is 9.41. The minimum Gasteiger partial charge on any atom is -0.445 e. The van der Waals surface area contributed by atoms with Gasteiger partial charge < -0.3 is 20.7 Å². The third-order valence-electron chi connectivity index (χ3n) is 6.20. The molecule has 0 aliphatic carbocycles. The van der Waals surface area contributed by atoms with E-state index in [-0.39, 0.29) is 26.0 Å². The fourth-order valence-electron chi connectivity index (χ4n) is 4.02. The molecule has 1 unspecified atom stereocenters. The van der Waals surface area contributed by atoms with Crippen molar-refractivity contribution in [3.8, 4) is 0 Å². The number of alkyl carbamates (subject to hydrolysis) is 1. The summed E-state index contributed by atoms with van der Waals surface area (Å²) >= 11 is 0. The molecule has 3 amide bonds. The number of carbonyl (C=O) groups is 4. The molecule has 8 nitrogen and oxygen atoms in total. The number of alkyl halides is 2. The van der Waals surface area contributed by atoms with Crippen LogP contribution >= 0.6 is 0 Å². The van der Waals surface area contributed by atoms with Crippen LogP contribution in [0.15, 0.2) is 91.0 Å². The quantitative estimate of drug-likeness (QED) is 0.252. The summed E-state index contributed by atoms with van der Waals surface area (Å²) in [6.07, 6.45) is -0.539. The first-order valence-corrected chi connectivity index (χ1v) is 13.3. The second kappa shape index (κ2) is 15.3. The molecule has 0 heterocycles. The summed E-state index contributed by atoms with van der Waals surface area (Å²) in [5, 5.41) is 6.88. The summed E-state index contributed by atoms with van der Waals surface area (Å²) in [7, 11) is 0. The number of nitrogens with one attached hydrogen (secondary N) is 3. The van der Waals surface area contributed by atoms with Crippen LogP contribution in [-0.4, -0.2) is 41.7 Å². The Hall–Kier alpha value is -4.60. The van der Waals surface area contributed by atoms with E-state index in [2.05, 4.69) is 16.0 Å². The maximum Gasteiger partial charge on any atom is 0.408 e. The lowest BCUT2D eigenvalue weighted by molar-refractivity contribution is -0.160. The highest BCUT2D eigenvalue weighted by molar-refractivity contribution is 6.10. The van der Waals surface area contributed by atoms with Crippen molar-refractivity contribution in [1.82, 2.24) is 16.0 Å². The number of hydrogen-bond acceptors (Lipinski definition) is 5. The summed E-state index contributed by atoms with van der Waals surface area (Å²) in [6.45, 7) is 1.54. The first kappa shape index (κ1) is 30.9. The van der Waals surface area contributed by atoms with Crippen molar-refractivity contribution < 1.29 is 32.7 Å². The standard InChI is InChI=1S/C31H33F2N3O5/c1-2-12-25(36-30(40)41-21-24-17-10-5-11-18-24)28(38)35-26(19-22-13-6-3-7-14-22)27(37)31(32,33)29(39)34-20-23-15-8-4-9-16-23/h3-11,13-18,25-26H,2,12,19-21H2,1H3,(H,34,39)(H,35,38)(H,36,40)/t25-,26?/m0/s1. The topological polar surface area (TPSA) is 114 Å². The van der Waals surface area contributed by atoms with E-state index in [1.807, 2.05) is 6.07 Å². The molecule has 41 heavy (non-hydrogen) atoms. The van der Waals surface area contributed by atoms with Crippen molar-refractivity contribution in [2.45, 2.75) is 57.3 Å². The molecule has 3 aromatic rings. The highest BCUT2D eigenvalue weighted by atomic mass is 19.3. The van der Waals surface area contributed by atoms with Gasteiger partial charge in [0.25, 0.3) is 5.91 Å². The highest BCUT2D eigenvalue weighted by Crippen LogP contribution is 2.20. The predicted octanol–water partition coefficient (Wildman–Crippen LogP) is 4.33. The first-order valence-electron chi connectivity index (χ1n) is 13.3. The van der Waals surface area contributed by atoms with Crippen LogP contribution in [0.25, 0.3) is 0 Å². The number of amides is 3. The fourth-order valence-corrected chi connectivity index (χ4v) is 4.02. The zero-order valence-corrected chi connectivity index (χ0v) is 22.6. The van der Waals surface area contributed by atoms with Crippen molar-refractivity contribution in [3.05, 3.63) is 108 Å². The minimum atomic E-state index is -4.43. The molecule has 0 aromatic heterocycles. The van der Waals surface area contributed by atoms with E-state index in [4.69, 9.17) is 4.74 Å². The maximum atomic E-state index is 15.1. The van der Waals surface area contributed by atoms with Gasteiger partial charge in [-0.3, -0.25) is 14.4 Å². The summed E-state index contributed by atoms with van der Waals surface area (Å²) in [5.41, 5.74) is 1.81. The molecule has 10 heteroatoms. The van der Waals surface area contributed by atoms with Gasteiger partial charge >= 0.3 is 12.0 Å². The van der Waals surface area contributed by atoms with Gasteiger partial charge in [-0.05, 0) is 23.1 Å². The van der Waals surface area contributed by atoms with Crippen molar-refractivity contribution in [2.75, 3.05) is 0 Å². The van der Waals surface area contributed by atoms with Gasteiger partial charge in [-0.2, -0.15) is 8.78 Å². The Balaban J connectivity index is 1.71. The SMILES string of the molecule is CCC[C@H](NC(=O)OCc1ccccc1)C(=O)NC(Cc1ccccc1)C(=O)C(F)(F)C(=O)NCc1ccccc1. The van der Waals surface area contributed by atoms with E-state index in [0.717, 1.165) is 5.56 Å². The largest absolute Gasteiger partial charge is 0.445 e. The molecule has 3 rings (SSSR count). The summed E-state index contributed by atoms with van der Waals surface area (Å²) < 4.78 is 35.5. The number of ether oxygens (including phenoxy) is 1. The van der Waals surface area contributed by atoms with Crippen molar-refractivity contribution >= 4 is 23.7 Å². The minimum absolute atomic E-state index is 0.0351. The smallest absolute Gasteiger partial charge is 0.408 e. The van der Waals surface area contributed by atoms with Gasteiger partial charge in [0.2, 0.25) is 11.7 Å². The van der Waals surface area contributed by atoms with Crippen molar-refractivity contribution in [1.29, 1.82) is 0 Å². The molecule has 0 fully saturated rings. The first-order chi connectivity index (χ1) is 19.7. The van der Waals surface area contributed by atoms with Gasteiger partial charge in [-0.25, -0.2) is 4.79 Å². The van der Waals surface area contributed by atoms with Gasteiger partial charge in [-0.15, -0.1) is 0 Å². The molecular weight excluding hydrogens is 532 g/mol. The molecule has 2 atom stereocenters. The van der Waals surface area contributed by atoms with Gasteiger partial charge in [0, 0.05) is 13.0 Å². The maximum absolute atomic E-state index is 15.1. The van der Waals surface area contributed by atoms with Crippen LogP contribution in [0.2, 0.25) is 0 Å². The molecule has 0 radical (unpaired) electrons. The zero-order valence-electron chi connectivity index (χ0n) is 22.6. The lowest BCUT2D eigenvalue weighted by atomic mass is 9.97. The van der Waals surface area contributed by atoms with E-state index in [0.29, 0.717) is 17.5 Å². The van der Waals surface area contributed by atoms with Gasteiger partial charge in [0.1, 0.15) is 12.6 Å². The summed E-state index contributed by atoms with van der Waals surface area (Å²) in [6, 6.07) is 22.7. The lowest BCUT2D eigenvalue weighted by Crippen LogP contribution is -2.58. The highest BCUT2D eigenvalue weighted by Gasteiger charge is 2.50. The summed E-state index contributed by atoms with van der Waals surface area (Å²) in [4.78, 5) is 51.1. The number of halogens is 2. The number of carbonyl (C=O) groups excluding carboxylic acids is 4. The normalized spacial score (nSPS) is 12.5. The van der Waals surface area contributed by atoms with E-state index >= 15 is 8.78 Å². The molecule has 3 N–H and O–H groups in total. The zero-order chi connectivity index (χ0) is 29.7. The van der Waals surface area contributed by atoms with Crippen LogP contribution in [0.1, 0.15) is 36.5 Å². The lowest BCUT2D eigenvalue weighted by Gasteiger charge is -2.25. The third-order valence-corrected chi connectivity index (χ3v) is 6.20. The van der Waals surface area contributed by atoms with Crippen LogP contribution in [-0.2, 0) is 38.7 Å². The molecule has 3 aromatic carbocycles. The Morgan fingerprint density at radius 2 is 1.29 bits per heavy atom. The molecule has 0 saturated heterocycles. The molecule has 0 spiro atoms. The van der Waals surface area contributed by atoms with Crippen LogP contribution in [0.5, 0.6) is 0 Å². The van der Waals surface area contributed by atoms with E-state index in [1.54, 1.807) is 91.9 Å². The third kappa shape index (κ3) is 9.52. The Labute approximate surface area is 237 Å². The molecular formula is C31H33F2N3O5. The van der Waals surface area contributed by atoms with E-state index in [9.17, 15) is 19.2 Å². The average molecular weight is 566 g/mol. The molecule has 0 aliphatic rings. The predicted molar refractivity (Wildman–Crippen MR) is 149 cm³/mol. The Kier molecular flexibility index (Phi) is 11.5. The van der Waals surface area contributed by atoms with Gasteiger partial charge in [-0.1, -0.05) is 104 Å². The van der Waals surface area contributed by atoms with Crippen LogP contribution in [0.4, 0.5) is 13.6 Å². The van der Waals surface area contributed by atoms with Crippen molar-refractivity contribution in [2.24, 2.45) is 0 Å². The Morgan fingerprint density at radius 3 is 1.85 bits per heavy atom.